The van der Waals surface area contributed by atoms with Crippen LogP contribution in [-0.2, 0) is 20.9 Å². The normalized spacial score (nSPS) is 24.1. The van der Waals surface area contributed by atoms with Crippen molar-refractivity contribution in [2.75, 3.05) is 19.8 Å². The molecule has 0 radical (unpaired) electrons. The first-order valence-corrected chi connectivity index (χ1v) is 10.6. The second-order valence-electron chi connectivity index (χ2n) is 7.73. The van der Waals surface area contributed by atoms with Gasteiger partial charge in [0.15, 0.2) is 6.61 Å². The van der Waals surface area contributed by atoms with Gasteiger partial charge in [0.1, 0.15) is 42.0 Å². The number of hydrogen-bond donors (Lipinski definition) is 1. The SMILES string of the molecule is O=C(COc1ccccc1)N[C@H]1CO[C@H]2[C@H]1OC[C@H]2n1cc(COc2ccccc2)nn1. The number of rotatable bonds is 8. The minimum Gasteiger partial charge on any atom is -0.487 e. The molecule has 0 spiro atoms. The molecule has 0 saturated carbocycles. The first-order chi connectivity index (χ1) is 15.8. The van der Waals surface area contributed by atoms with Crippen LogP contribution < -0.4 is 14.8 Å². The molecular formula is C23H24N4O5. The van der Waals surface area contributed by atoms with Gasteiger partial charge < -0.3 is 24.3 Å². The van der Waals surface area contributed by atoms with Crippen LogP contribution in [0.5, 0.6) is 11.5 Å². The predicted molar refractivity (Wildman–Crippen MR) is 113 cm³/mol. The molecule has 166 valence electrons. The Kier molecular flexibility index (Phi) is 6.00. The highest BCUT2D eigenvalue weighted by atomic mass is 16.6. The van der Waals surface area contributed by atoms with E-state index in [1.165, 1.54) is 0 Å². The molecular weight excluding hydrogens is 412 g/mol. The van der Waals surface area contributed by atoms with Crippen LogP contribution in [0, 0.1) is 0 Å². The zero-order valence-electron chi connectivity index (χ0n) is 17.4. The van der Waals surface area contributed by atoms with Gasteiger partial charge in [-0.15, -0.1) is 5.10 Å². The van der Waals surface area contributed by atoms with Crippen molar-refractivity contribution in [1.82, 2.24) is 20.3 Å². The molecule has 3 heterocycles. The molecule has 1 aromatic heterocycles. The van der Waals surface area contributed by atoms with Crippen LogP contribution in [0.1, 0.15) is 11.7 Å². The topological polar surface area (TPSA) is 96.7 Å². The maximum Gasteiger partial charge on any atom is 0.258 e. The average molecular weight is 436 g/mol. The molecule has 3 aromatic rings. The van der Waals surface area contributed by atoms with Crippen LogP contribution in [0.3, 0.4) is 0 Å². The lowest BCUT2D eigenvalue weighted by Crippen LogP contribution is -2.45. The molecule has 9 heteroatoms. The summed E-state index contributed by atoms with van der Waals surface area (Å²) < 4.78 is 24.9. The van der Waals surface area contributed by atoms with Crippen molar-refractivity contribution in [1.29, 1.82) is 0 Å². The molecule has 2 aromatic carbocycles. The van der Waals surface area contributed by atoms with E-state index in [4.69, 9.17) is 18.9 Å². The van der Waals surface area contributed by atoms with Crippen LogP contribution in [0.2, 0.25) is 0 Å². The molecule has 1 amide bonds. The molecule has 2 fully saturated rings. The molecule has 0 bridgehead atoms. The van der Waals surface area contributed by atoms with Crippen LogP contribution in [0.15, 0.2) is 66.9 Å². The first-order valence-electron chi connectivity index (χ1n) is 10.6. The summed E-state index contributed by atoms with van der Waals surface area (Å²) in [5, 5.41) is 11.4. The number of amides is 1. The van der Waals surface area contributed by atoms with E-state index in [0.29, 0.717) is 25.6 Å². The average Bonchev–Trinajstić information content (AvgIpc) is 3.55. The zero-order valence-corrected chi connectivity index (χ0v) is 17.4. The summed E-state index contributed by atoms with van der Waals surface area (Å²) in [7, 11) is 0. The van der Waals surface area contributed by atoms with E-state index >= 15 is 0 Å². The van der Waals surface area contributed by atoms with Gasteiger partial charge in [0.05, 0.1) is 25.5 Å². The quantitative estimate of drug-likeness (QED) is 0.575. The fraction of sp³-hybridized carbons (Fsp3) is 0.348. The fourth-order valence-electron chi connectivity index (χ4n) is 3.96. The summed E-state index contributed by atoms with van der Waals surface area (Å²) in [5.74, 6) is 1.22. The predicted octanol–water partition coefficient (Wildman–Crippen LogP) is 1.76. The highest BCUT2D eigenvalue weighted by Gasteiger charge is 2.49. The molecule has 5 rings (SSSR count). The molecule has 4 atom stereocenters. The Morgan fingerprint density at radius 1 is 0.969 bits per heavy atom. The van der Waals surface area contributed by atoms with Gasteiger partial charge in [0.25, 0.3) is 5.91 Å². The minimum absolute atomic E-state index is 0.0603. The number of ether oxygens (including phenoxy) is 4. The highest BCUT2D eigenvalue weighted by molar-refractivity contribution is 5.78. The van der Waals surface area contributed by atoms with Gasteiger partial charge in [-0.05, 0) is 24.3 Å². The number of nitrogens with zero attached hydrogens (tertiary/aromatic N) is 3. The van der Waals surface area contributed by atoms with E-state index in [0.717, 1.165) is 11.4 Å². The second kappa shape index (κ2) is 9.37. The van der Waals surface area contributed by atoms with Gasteiger partial charge in [-0.3, -0.25) is 4.79 Å². The Morgan fingerprint density at radius 2 is 1.66 bits per heavy atom. The number of nitrogens with one attached hydrogen (secondary N) is 1. The van der Waals surface area contributed by atoms with E-state index in [9.17, 15) is 4.79 Å². The number of hydrogen-bond acceptors (Lipinski definition) is 7. The van der Waals surface area contributed by atoms with Crippen molar-refractivity contribution in [3.05, 3.63) is 72.6 Å². The largest absolute Gasteiger partial charge is 0.487 e. The maximum atomic E-state index is 12.3. The molecule has 0 aliphatic carbocycles. The number of aromatic nitrogens is 3. The first kappa shape index (κ1) is 20.5. The standard InChI is InChI=1S/C23H24N4O5/c28-21(15-30-18-9-5-2-6-10-18)24-19-13-31-23-20(14-32-22(19)23)27-11-16(25-26-27)12-29-17-7-3-1-4-8-17/h1-11,19-20,22-23H,12-15H2,(H,24,28)/t19-,20+,22-,23+/m0/s1. The highest BCUT2D eigenvalue weighted by Crippen LogP contribution is 2.34. The lowest BCUT2D eigenvalue weighted by atomic mass is 10.1. The van der Waals surface area contributed by atoms with E-state index in [-0.39, 0.29) is 36.8 Å². The smallest absolute Gasteiger partial charge is 0.258 e. The summed E-state index contributed by atoms with van der Waals surface area (Å²) in [6, 6.07) is 18.5. The molecule has 9 nitrogen and oxygen atoms in total. The van der Waals surface area contributed by atoms with E-state index in [2.05, 4.69) is 15.6 Å². The zero-order chi connectivity index (χ0) is 21.8. The number of para-hydroxylation sites is 2. The van der Waals surface area contributed by atoms with Crippen LogP contribution in [-0.4, -0.2) is 59.0 Å². The summed E-state index contributed by atoms with van der Waals surface area (Å²) in [6.07, 6.45) is 1.40. The number of benzene rings is 2. The minimum atomic E-state index is -0.242. The van der Waals surface area contributed by atoms with Crippen LogP contribution >= 0.6 is 0 Å². The van der Waals surface area contributed by atoms with Crippen molar-refractivity contribution in [3.63, 3.8) is 0 Å². The van der Waals surface area contributed by atoms with Crippen LogP contribution in [0.25, 0.3) is 0 Å². The van der Waals surface area contributed by atoms with Gasteiger partial charge in [0, 0.05) is 0 Å². The van der Waals surface area contributed by atoms with E-state index in [1.54, 1.807) is 4.68 Å². The van der Waals surface area contributed by atoms with E-state index < -0.39 is 0 Å². The second-order valence-corrected chi connectivity index (χ2v) is 7.73. The lowest BCUT2D eigenvalue weighted by molar-refractivity contribution is -0.124. The van der Waals surface area contributed by atoms with Crippen molar-refractivity contribution >= 4 is 5.91 Å². The van der Waals surface area contributed by atoms with Crippen LogP contribution in [0.4, 0.5) is 0 Å². The van der Waals surface area contributed by atoms with Gasteiger partial charge >= 0.3 is 0 Å². The van der Waals surface area contributed by atoms with Crippen molar-refractivity contribution in [2.45, 2.75) is 30.9 Å². The Balaban J connectivity index is 1.13. The Bertz CT molecular complexity index is 1030. The van der Waals surface area contributed by atoms with Gasteiger partial charge in [0.2, 0.25) is 0 Å². The summed E-state index contributed by atoms with van der Waals surface area (Å²) in [5.41, 5.74) is 0.721. The van der Waals surface area contributed by atoms with Crippen molar-refractivity contribution in [2.24, 2.45) is 0 Å². The molecule has 32 heavy (non-hydrogen) atoms. The van der Waals surface area contributed by atoms with Gasteiger partial charge in [-0.1, -0.05) is 41.6 Å². The molecule has 2 aliphatic heterocycles. The summed E-state index contributed by atoms with van der Waals surface area (Å²) in [6.45, 7) is 1.08. The monoisotopic (exact) mass is 436 g/mol. The third kappa shape index (κ3) is 4.58. The van der Waals surface area contributed by atoms with E-state index in [1.807, 2.05) is 66.9 Å². The Morgan fingerprint density at radius 3 is 2.41 bits per heavy atom. The summed E-state index contributed by atoms with van der Waals surface area (Å²) in [4.78, 5) is 12.3. The fourth-order valence-corrected chi connectivity index (χ4v) is 3.96. The molecule has 1 N–H and O–H groups in total. The third-order valence-electron chi connectivity index (χ3n) is 5.51. The Hall–Kier alpha value is -3.43. The number of fused-ring (bicyclic) bond motifs is 1. The molecule has 0 unspecified atom stereocenters. The van der Waals surface area contributed by atoms with Gasteiger partial charge in [-0.2, -0.15) is 0 Å². The van der Waals surface area contributed by atoms with Crippen molar-refractivity contribution < 1.29 is 23.7 Å². The Labute approximate surface area is 185 Å². The summed E-state index contributed by atoms with van der Waals surface area (Å²) >= 11 is 0. The van der Waals surface area contributed by atoms with Crippen molar-refractivity contribution in [3.8, 4) is 11.5 Å². The maximum absolute atomic E-state index is 12.3. The number of carbonyl (C=O) groups is 1. The number of carbonyl (C=O) groups excluding carboxylic acids is 1. The third-order valence-corrected chi connectivity index (χ3v) is 5.51. The molecule has 2 aliphatic rings. The lowest BCUT2D eigenvalue weighted by Gasteiger charge is -2.18. The van der Waals surface area contributed by atoms with Gasteiger partial charge in [-0.25, -0.2) is 4.68 Å². The molecule has 2 saturated heterocycles.